The zero-order valence-corrected chi connectivity index (χ0v) is 22.0. The van der Waals surface area contributed by atoms with Crippen molar-refractivity contribution >= 4 is 16.1 Å². The minimum absolute atomic E-state index is 1.13. The Morgan fingerprint density at radius 3 is 1.03 bits per heavy atom. The second-order valence-corrected chi connectivity index (χ2v) is 14.2. The Hall–Kier alpha value is 0.740. The number of unbranched alkanes of at least 4 members (excludes halogenated alkanes) is 15. The molecule has 0 spiro atoms. The predicted molar refractivity (Wildman–Crippen MR) is 135 cm³/mol. The Balaban J connectivity index is 4.57. The van der Waals surface area contributed by atoms with Crippen LogP contribution in [0.5, 0.6) is 0 Å². The quantitative estimate of drug-likeness (QED) is 0.120. The molecule has 2 N–H and O–H groups in total. The van der Waals surface area contributed by atoms with Crippen LogP contribution >= 0.6 is 16.1 Å². The van der Waals surface area contributed by atoms with Crippen molar-refractivity contribution in [1.82, 2.24) is 0 Å². The van der Waals surface area contributed by atoms with Gasteiger partial charge in [0.15, 0.2) is 0 Å². The van der Waals surface area contributed by atoms with E-state index >= 15 is 0 Å². The van der Waals surface area contributed by atoms with E-state index in [-0.39, 0.29) is 0 Å². The molecule has 0 fully saturated rings. The van der Waals surface area contributed by atoms with Crippen molar-refractivity contribution in [2.24, 2.45) is 0 Å². The summed E-state index contributed by atoms with van der Waals surface area (Å²) in [4.78, 5) is 19.5. The zero-order valence-electron chi connectivity index (χ0n) is 20.1. The second kappa shape index (κ2) is 22.0. The van der Waals surface area contributed by atoms with Gasteiger partial charge in [0.25, 0.3) is 0 Å². The molecule has 0 aromatic heterocycles. The fraction of sp³-hybridized carbons (Fsp3) is 1.00. The average Bonchev–Trinajstić information content (AvgIpc) is 2.69. The van der Waals surface area contributed by atoms with Gasteiger partial charge in [-0.15, -0.1) is 0 Å². The summed E-state index contributed by atoms with van der Waals surface area (Å²) in [5, 5.41) is 0. The van der Waals surface area contributed by atoms with E-state index in [4.69, 9.17) is 4.31 Å². The van der Waals surface area contributed by atoms with Gasteiger partial charge < -0.3 is 0 Å². The first kappa shape index (κ1) is 29.7. The Morgan fingerprint density at radius 1 is 0.483 bits per heavy atom. The van der Waals surface area contributed by atoms with E-state index in [0.29, 0.717) is 0 Å². The molecule has 0 aromatic carbocycles. The summed E-state index contributed by atoms with van der Waals surface area (Å²) in [7, 11) is -4.25. The Bertz CT molecular complexity index is 286. The van der Waals surface area contributed by atoms with Crippen molar-refractivity contribution in [3.63, 3.8) is 0 Å². The van der Waals surface area contributed by atoms with Crippen LogP contribution < -0.4 is 0 Å². The van der Waals surface area contributed by atoms with Crippen LogP contribution in [0.15, 0.2) is 0 Å². The normalized spacial score (nSPS) is 12.8. The van der Waals surface area contributed by atoms with Crippen molar-refractivity contribution in [1.29, 1.82) is 0 Å². The molecule has 0 aliphatic heterocycles. The van der Waals surface area contributed by atoms with Gasteiger partial charge in [0.05, 0.1) is 0 Å². The molecule has 5 heteroatoms. The zero-order chi connectivity index (χ0) is 21.6. The van der Waals surface area contributed by atoms with Crippen molar-refractivity contribution in [2.75, 3.05) is 18.5 Å². The molecule has 29 heavy (non-hydrogen) atoms. The number of hydrogen-bond donors (Lipinski definition) is 2. The molecule has 0 heterocycles. The number of rotatable bonds is 23. The molecule has 0 aliphatic carbocycles. The molecule has 0 bridgehead atoms. The van der Waals surface area contributed by atoms with E-state index in [9.17, 15) is 9.79 Å². The van der Waals surface area contributed by atoms with Crippen LogP contribution in [0.3, 0.4) is 0 Å². The minimum atomic E-state index is -2.22. The van der Waals surface area contributed by atoms with Crippen LogP contribution in [0.2, 0.25) is 0 Å². The Labute approximate surface area is 185 Å². The summed E-state index contributed by atoms with van der Waals surface area (Å²) in [6.07, 6.45) is 26.7. The van der Waals surface area contributed by atoms with Crippen molar-refractivity contribution in [3.05, 3.63) is 0 Å². The van der Waals surface area contributed by atoms with Crippen LogP contribution in [0, 0.1) is 0 Å². The third-order valence-corrected chi connectivity index (χ3v) is 12.2. The first-order valence-corrected chi connectivity index (χ1v) is 16.7. The van der Waals surface area contributed by atoms with Crippen LogP contribution in [0.25, 0.3) is 0 Å². The summed E-state index contributed by atoms with van der Waals surface area (Å²) in [6.45, 7) is 6.78. The third-order valence-electron chi connectivity index (χ3n) is 6.23. The average molecular weight is 453 g/mol. The molecule has 0 aromatic rings. The topological polar surface area (TPSA) is 49.7 Å². The van der Waals surface area contributed by atoms with Crippen LogP contribution in [-0.4, -0.2) is 28.3 Å². The first-order chi connectivity index (χ1) is 14.1. The molecule has 0 amide bonds. The molecule has 0 aliphatic rings. The summed E-state index contributed by atoms with van der Waals surface area (Å²) in [5.41, 5.74) is 0. The molecular weight excluding hydrogens is 398 g/mol. The third kappa shape index (κ3) is 19.2. The molecule has 0 atom stereocenters. The van der Waals surface area contributed by atoms with Gasteiger partial charge in [-0.25, -0.2) is 0 Å². The molecule has 0 saturated heterocycles. The fourth-order valence-corrected chi connectivity index (χ4v) is 10.3. The summed E-state index contributed by atoms with van der Waals surface area (Å²) < 4.78 is 6.04. The van der Waals surface area contributed by atoms with Crippen LogP contribution in [0.1, 0.15) is 136 Å². The van der Waals surface area contributed by atoms with E-state index in [0.717, 1.165) is 18.5 Å². The molecule has 178 valence electrons. The van der Waals surface area contributed by atoms with Crippen LogP contribution in [0.4, 0.5) is 0 Å². The molecule has 0 rings (SSSR count). The van der Waals surface area contributed by atoms with Crippen molar-refractivity contribution < 1.29 is 14.1 Å². The van der Waals surface area contributed by atoms with E-state index in [1.54, 1.807) is 0 Å². The van der Waals surface area contributed by atoms with Gasteiger partial charge >= 0.3 is 185 Å². The predicted octanol–water partition coefficient (Wildman–Crippen LogP) is 8.96. The van der Waals surface area contributed by atoms with Crippen LogP contribution in [-0.2, 0) is 4.31 Å². The van der Waals surface area contributed by atoms with Crippen molar-refractivity contribution in [2.45, 2.75) is 136 Å². The number of hydrogen-bond acceptors (Lipinski definition) is 3. The Kier molecular flexibility index (Phi) is 22.5. The van der Waals surface area contributed by atoms with Gasteiger partial charge in [0.1, 0.15) is 0 Å². The summed E-state index contributed by atoms with van der Waals surface area (Å²) >= 11 is 0. The molecule has 0 saturated carbocycles. The van der Waals surface area contributed by atoms with Gasteiger partial charge in [-0.1, -0.05) is 0 Å². The van der Waals surface area contributed by atoms with E-state index < -0.39 is 16.1 Å². The van der Waals surface area contributed by atoms with E-state index in [1.165, 1.54) is 116 Å². The maximum atomic E-state index is 9.74. The van der Waals surface area contributed by atoms with E-state index in [2.05, 4.69) is 20.8 Å². The van der Waals surface area contributed by atoms with Gasteiger partial charge in [-0.3, -0.25) is 0 Å². The molecular formula is C24H54O3P2. The van der Waals surface area contributed by atoms with Crippen molar-refractivity contribution in [3.8, 4) is 0 Å². The SMILES string of the molecule is CCCCCCCC[PH](CCCCCCCC)(CCCCCCCC)OP(O)O. The molecule has 0 radical (unpaired) electrons. The second-order valence-electron chi connectivity index (χ2n) is 9.08. The molecule has 3 nitrogen and oxygen atoms in total. The van der Waals surface area contributed by atoms with E-state index in [1.807, 2.05) is 0 Å². The monoisotopic (exact) mass is 452 g/mol. The first-order valence-electron chi connectivity index (χ1n) is 13.0. The summed E-state index contributed by atoms with van der Waals surface area (Å²) in [5.74, 6) is 0. The summed E-state index contributed by atoms with van der Waals surface area (Å²) in [6, 6.07) is 0. The fourth-order valence-electron chi connectivity index (χ4n) is 4.37. The maximum absolute atomic E-state index is 9.74. The van der Waals surface area contributed by atoms with Gasteiger partial charge in [-0.2, -0.15) is 0 Å². The standard InChI is InChI=1S/C24H54O3P2/c1-4-7-10-13-16-19-22-29(27-28(25)26,23-20-17-14-11-8-5-2)24-21-18-15-12-9-6-3/h25-26,29H,4-24H2,1-3H3. The van der Waals surface area contributed by atoms with Gasteiger partial charge in [0.2, 0.25) is 0 Å². The molecule has 0 unspecified atom stereocenters. The van der Waals surface area contributed by atoms with Gasteiger partial charge in [-0.05, 0) is 0 Å². The van der Waals surface area contributed by atoms with Gasteiger partial charge in [0, 0.05) is 0 Å². The Morgan fingerprint density at radius 2 is 0.759 bits per heavy atom.